The number of piperidine rings is 1. The van der Waals surface area contributed by atoms with Gasteiger partial charge in [0, 0.05) is 23.7 Å². The van der Waals surface area contributed by atoms with E-state index >= 15 is 0 Å². The van der Waals surface area contributed by atoms with E-state index in [9.17, 15) is 4.79 Å². The maximum Gasteiger partial charge on any atom is 0.227 e. The van der Waals surface area contributed by atoms with Gasteiger partial charge >= 0.3 is 0 Å². The molecular formula is C22H26N4O. The van der Waals surface area contributed by atoms with E-state index in [1.165, 1.54) is 12.0 Å². The van der Waals surface area contributed by atoms with Gasteiger partial charge in [-0.3, -0.25) is 4.79 Å². The molecule has 0 atom stereocenters. The van der Waals surface area contributed by atoms with Gasteiger partial charge in [-0.15, -0.1) is 0 Å². The van der Waals surface area contributed by atoms with Gasteiger partial charge in [-0.2, -0.15) is 0 Å². The van der Waals surface area contributed by atoms with Crippen LogP contribution in [0.3, 0.4) is 0 Å². The van der Waals surface area contributed by atoms with Gasteiger partial charge in [0.05, 0.1) is 5.69 Å². The Hall–Kier alpha value is -2.66. The third-order valence-corrected chi connectivity index (χ3v) is 5.46. The average Bonchev–Trinajstić information content (AvgIpc) is 3.19. The number of anilines is 1. The van der Waals surface area contributed by atoms with Crippen LogP contribution in [0.1, 0.15) is 24.8 Å². The van der Waals surface area contributed by atoms with E-state index < -0.39 is 0 Å². The molecule has 3 aromatic rings. The molecule has 0 unspecified atom stereocenters. The summed E-state index contributed by atoms with van der Waals surface area (Å²) in [6, 6.07) is 14.5. The highest BCUT2D eigenvalue weighted by atomic mass is 16.1. The van der Waals surface area contributed by atoms with Crippen molar-refractivity contribution in [3.05, 3.63) is 60.4 Å². The van der Waals surface area contributed by atoms with Gasteiger partial charge < -0.3 is 15.2 Å². The number of hydrogen-bond donors (Lipinski definition) is 2. The Balaban J connectivity index is 1.24. The van der Waals surface area contributed by atoms with Gasteiger partial charge in [0.2, 0.25) is 5.91 Å². The van der Waals surface area contributed by atoms with Crippen LogP contribution in [-0.2, 0) is 11.2 Å². The summed E-state index contributed by atoms with van der Waals surface area (Å²) in [5, 5.41) is 4.07. The predicted octanol–water partition coefficient (Wildman–Crippen LogP) is 3.85. The maximum absolute atomic E-state index is 12.7. The Kier molecular flexibility index (Phi) is 5.49. The molecule has 1 amide bonds. The second kappa shape index (κ2) is 8.35. The largest absolute Gasteiger partial charge is 0.346 e. The molecule has 0 bridgehead atoms. The van der Waals surface area contributed by atoms with Gasteiger partial charge in [0.25, 0.3) is 0 Å². The van der Waals surface area contributed by atoms with Crippen LogP contribution in [0.2, 0.25) is 0 Å². The summed E-state index contributed by atoms with van der Waals surface area (Å²) in [4.78, 5) is 22.5. The molecule has 0 saturated carbocycles. The molecule has 5 nitrogen and oxygen atoms in total. The molecule has 140 valence electrons. The van der Waals surface area contributed by atoms with Crippen molar-refractivity contribution in [2.75, 3.05) is 25.0 Å². The normalized spacial score (nSPS) is 15.9. The average molecular weight is 362 g/mol. The molecule has 0 spiro atoms. The molecule has 0 radical (unpaired) electrons. The van der Waals surface area contributed by atoms with Gasteiger partial charge in [-0.1, -0.05) is 30.3 Å². The minimum absolute atomic E-state index is 0.0949. The Morgan fingerprint density at radius 3 is 2.78 bits per heavy atom. The second-order valence-corrected chi connectivity index (χ2v) is 7.29. The van der Waals surface area contributed by atoms with Crippen molar-refractivity contribution in [1.82, 2.24) is 14.9 Å². The minimum atomic E-state index is 0.0949. The van der Waals surface area contributed by atoms with Crippen LogP contribution in [0.4, 0.5) is 5.69 Å². The number of nitrogens with one attached hydrogen (secondary N) is 2. The number of carbonyl (C=O) groups excluding carboxylic acids is 1. The Morgan fingerprint density at radius 1 is 1.15 bits per heavy atom. The monoisotopic (exact) mass is 362 g/mol. The summed E-state index contributed by atoms with van der Waals surface area (Å²) in [5.41, 5.74) is 3.05. The molecule has 2 aromatic heterocycles. The first-order chi connectivity index (χ1) is 13.3. The van der Waals surface area contributed by atoms with E-state index in [1.807, 2.05) is 18.3 Å². The lowest BCUT2D eigenvalue weighted by atomic mass is 9.95. The number of carbonyl (C=O) groups is 1. The third kappa shape index (κ3) is 4.37. The van der Waals surface area contributed by atoms with Crippen molar-refractivity contribution in [3.63, 3.8) is 0 Å². The summed E-state index contributed by atoms with van der Waals surface area (Å²) in [6.07, 6.45) is 7.72. The molecule has 3 heterocycles. The number of aryl methyl sites for hydroxylation is 1. The fraction of sp³-hybridized carbons (Fsp3) is 0.364. The second-order valence-electron chi connectivity index (χ2n) is 7.29. The maximum atomic E-state index is 12.7. The first-order valence-corrected chi connectivity index (χ1v) is 9.79. The molecule has 1 fully saturated rings. The molecule has 1 aliphatic heterocycles. The van der Waals surface area contributed by atoms with E-state index in [0.29, 0.717) is 0 Å². The zero-order valence-corrected chi connectivity index (χ0v) is 15.5. The Morgan fingerprint density at radius 2 is 1.96 bits per heavy atom. The predicted molar refractivity (Wildman–Crippen MR) is 109 cm³/mol. The first-order valence-electron chi connectivity index (χ1n) is 9.79. The highest BCUT2D eigenvalue weighted by molar-refractivity contribution is 6.00. The smallest absolute Gasteiger partial charge is 0.227 e. The molecule has 0 aliphatic carbocycles. The van der Waals surface area contributed by atoms with Gasteiger partial charge in [0.1, 0.15) is 5.65 Å². The number of aromatic amines is 1. The fourth-order valence-corrected chi connectivity index (χ4v) is 3.87. The van der Waals surface area contributed by atoms with Crippen molar-refractivity contribution in [3.8, 4) is 0 Å². The minimum Gasteiger partial charge on any atom is -0.346 e. The first kappa shape index (κ1) is 17.7. The number of benzene rings is 1. The Bertz CT molecular complexity index is 881. The van der Waals surface area contributed by atoms with Gasteiger partial charge in [-0.25, -0.2) is 4.98 Å². The van der Waals surface area contributed by atoms with Crippen molar-refractivity contribution >= 4 is 22.6 Å². The summed E-state index contributed by atoms with van der Waals surface area (Å²) in [6.45, 7) is 3.11. The number of fused-ring (bicyclic) bond motifs is 1. The number of hydrogen-bond acceptors (Lipinski definition) is 3. The lowest BCUT2D eigenvalue weighted by Crippen LogP contribution is -2.38. The summed E-state index contributed by atoms with van der Waals surface area (Å²) >= 11 is 0. The van der Waals surface area contributed by atoms with Crippen molar-refractivity contribution in [2.45, 2.75) is 25.7 Å². The third-order valence-electron chi connectivity index (χ3n) is 5.46. The number of rotatable bonds is 6. The zero-order chi connectivity index (χ0) is 18.5. The highest BCUT2D eigenvalue weighted by Gasteiger charge is 2.25. The summed E-state index contributed by atoms with van der Waals surface area (Å²) in [7, 11) is 0. The number of amides is 1. The van der Waals surface area contributed by atoms with Gasteiger partial charge in [-0.05, 0) is 63.0 Å². The van der Waals surface area contributed by atoms with Crippen LogP contribution in [0, 0.1) is 5.92 Å². The number of nitrogens with zero attached hydrogens (tertiary/aromatic N) is 2. The van der Waals surface area contributed by atoms with E-state index in [1.54, 1.807) is 6.20 Å². The number of pyridine rings is 1. The molecule has 1 saturated heterocycles. The number of aromatic nitrogens is 2. The zero-order valence-electron chi connectivity index (χ0n) is 15.5. The van der Waals surface area contributed by atoms with Crippen LogP contribution < -0.4 is 5.32 Å². The molecule has 2 N–H and O–H groups in total. The summed E-state index contributed by atoms with van der Waals surface area (Å²) < 4.78 is 0. The van der Waals surface area contributed by atoms with Crippen molar-refractivity contribution in [2.24, 2.45) is 5.92 Å². The van der Waals surface area contributed by atoms with Crippen LogP contribution in [0.5, 0.6) is 0 Å². The molecule has 27 heavy (non-hydrogen) atoms. The highest BCUT2D eigenvalue weighted by Crippen LogP contribution is 2.24. The van der Waals surface area contributed by atoms with Crippen molar-refractivity contribution < 1.29 is 4.79 Å². The van der Waals surface area contributed by atoms with Crippen LogP contribution in [0.15, 0.2) is 54.9 Å². The lowest BCUT2D eigenvalue weighted by Gasteiger charge is -2.31. The molecule has 5 heteroatoms. The topological polar surface area (TPSA) is 61.0 Å². The molecular weight excluding hydrogens is 336 g/mol. The van der Waals surface area contributed by atoms with E-state index in [-0.39, 0.29) is 11.8 Å². The van der Waals surface area contributed by atoms with E-state index in [0.717, 1.165) is 55.6 Å². The van der Waals surface area contributed by atoms with Crippen LogP contribution in [-0.4, -0.2) is 40.4 Å². The number of likely N-dealkylation sites (tertiary alicyclic amines) is 1. The van der Waals surface area contributed by atoms with Crippen LogP contribution in [0.25, 0.3) is 11.0 Å². The quantitative estimate of drug-likeness (QED) is 0.700. The Labute approximate surface area is 159 Å². The molecule has 1 aliphatic rings. The fourth-order valence-electron chi connectivity index (χ4n) is 3.87. The summed E-state index contributed by atoms with van der Waals surface area (Å²) in [5.74, 6) is 0.227. The van der Waals surface area contributed by atoms with E-state index in [2.05, 4.69) is 50.5 Å². The van der Waals surface area contributed by atoms with E-state index in [4.69, 9.17) is 0 Å². The standard InChI is InChI=1S/C22H26N4O/c27-22(25-20-9-13-24-21-19(20)8-12-23-21)18-10-15-26(16-11-18)14-4-7-17-5-2-1-3-6-17/h1-3,5-6,8-9,12-13,18H,4,7,10-11,14-16H2,(H2,23,24,25,27). The number of H-pyrrole nitrogens is 1. The van der Waals surface area contributed by atoms with Gasteiger partial charge in [0.15, 0.2) is 0 Å². The molecule has 1 aromatic carbocycles. The van der Waals surface area contributed by atoms with Crippen LogP contribution >= 0.6 is 0 Å². The van der Waals surface area contributed by atoms with Crippen molar-refractivity contribution in [1.29, 1.82) is 0 Å². The molecule has 4 rings (SSSR count). The SMILES string of the molecule is O=C(Nc1ccnc2[nH]ccc12)C1CCN(CCCc2ccccc2)CC1. The lowest BCUT2D eigenvalue weighted by molar-refractivity contribution is -0.121.